The second-order valence-electron chi connectivity index (χ2n) is 8.57. The summed E-state index contributed by atoms with van der Waals surface area (Å²) >= 11 is 0. The number of aromatic carboxylic acids is 1. The molecule has 1 aromatic heterocycles. The van der Waals surface area contributed by atoms with Crippen LogP contribution in [0.2, 0.25) is 0 Å². The number of rotatable bonds is 7. The average molecular weight is 425 g/mol. The first-order valence-electron chi connectivity index (χ1n) is 11.4. The van der Waals surface area contributed by atoms with Crippen LogP contribution in [0, 0.1) is 0 Å². The predicted molar refractivity (Wildman–Crippen MR) is 128 cm³/mol. The molecular weight excluding hydrogens is 396 g/mol. The Morgan fingerprint density at radius 1 is 0.938 bits per heavy atom. The second kappa shape index (κ2) is 9.01. The van der Waals surface area contributed by atoms with Gasteiger partial charge in [-0.1, -0.05) is 78.9 Å². The summed E-state index contributed by atoms with van der Waals surface area (Å²) in [6.45, 7) is 1.74. The maximum Gasteiger partial charge on any atom is 0.352 e. The molecule has 5 rings (SSSR count). The highest BCUT2D eigenvalue weighted by Gasteiger charge is 2.30. The highest BCUT2D eigenvalue weighted by Crippen LogP contribution is 2.40. The van der Waals surface area contributed by atoms with Gasteiger partial charge in [-0.25, -0.2) is 4.79 Å². The summed E-state index contributed by atoms with van der Waals surface area (Å²) in [4.78, 5) is 12.7. The van der Waals surface area contributed by atoms with Gasteiger partial charge < -0.3 is 15.0 Å². The lowest BCUT2D eigenvalue weighted by molar-refractivity contribution is 0.0684. The summed E-state index contributed by atoms with van der Waals surface area (Å²) in [5.41, 5.74) is 4.48. The average Bonchev–Trinajstić information content (AvgIpc) is 3.46. The van der Waals surface area contributed by atoms with E-state index in [4.69, 9.17) is 0 Å². The third-order valence-corrected chi connectivity index (χ3v) is 6.63. The molecule has 0 aliphatic carbocycles. The number of nitrogens with one attached hydrogen (secondary N) is 1. The van der Waals surface area contributed by atoms with Crippen LogP contribution in [0.15, 0.2) is 84.9 Å². The molecule has 2 heterocycles. The van der Waals surface area contributed by atoms with E-state index < -0.39 is 5.97 Å². The number of carboxylic acid groups (broad SMARTS) is 1. The van der Waals surface area contributed by atoms with E-state index in [-0.39, 0.29) is 5.92 Å². The lowest BCUT2D eigenvalue weighted by Crippen LogP contribution is -2.24. The number of benzene rings is 3. The van der Waals surface area contributed by atoms with Crippen LogP contribution in [-0.4, -0.2) is 28.2 Å². The van der Waals surface area contributed by atoms with E-state index in [9.17, 15) is 9.90 Å². The van der Waals surface area contributed by atoms with Gasteiger partial charge in [0.2, 0.25) is 0 Å². The molecule has 0 radical (unpaired) electrons. The predicted octanol–water partition coefficient (Wildman–Crippen LogP) is 5.66. The van der Waals surface area contributed by atoms with Gasteiger partial charge in [0, 0.05) is 35.0 Å². The van der Waals surface area contributed by atoms with E-state index in [1.807, 2.05) is 53.1 Å². The van der Waals surface area contributed by atoms with E-state index in [0.717, 1.165) is 47.0 Å². The zero-order chi connectivity index (χ0) is 21.9. The Hall–Kier alpha value is -3.37. The van der Waals surface area contributed by atoms with Crippen LogP contribution in [0.4, 0.5) is 0 Å². The van der Waals surface area contributed by atoms with Crippen LogP contribution in [0.3, 0.4) is 0 Å². The Kier molecular flexibility index (Phi) is 5.78. The Balaban J connectivity index is 1.72. The number of hydrogen-bond donors (Lipinski definition) is 2. The molecule has 0 spiro atoms. The van der Waals surface area contributed by atoms with Crippen molar-refractivity contribution < 1.29 is 9.90 Å². The van der Waals surface area contributed by atoms with Crippen LogP contribution in [-0.2, 0) is 6.54 Å². The van der Waals surface area contributed by atoms with Gasteiger partial charge in [0.25, 0.3) is 0 Å². The van der Waals surface area contributed by atoms with Crippen molar-refractivity contribution in [3.63, 3.8) is 0 Å². The quantitative estimate of drug-likeness (QED) is 0.402. The molecule has 1 atom stereocenters. The number of aromatic nitrogens is 1. The fourth-order valence-electron chi connectivity index (χ4n) is 5.19. The molecule has 1 fully saturated rings. The summed E-state index contributed by atoms with van der Waals surface area (Å²) < 4.78 is 2.03. The fourth-order valence-corrected chi connectivity index (χ4v) is 5.19. The van der Waals surface area contributed by atoms with Crippen molar-refractivity contribution >= 4 is 16.9 Å². The molecule has 4 nitrogen and oxygen atoms in total. The first kappa shape index (κ1) is 20.5. The molecular formula is C28H28N2O2. The summed E-state index contributed by atoms with van der Waals surface area (Å²) in [7, 11) is 0. The van der Waals surface area contributed by atoms with Crippen LogP contribution < -0.4 is 5.32 Å². The van der Waals surface area contributed by atoms with Gasteiger partial charge in [-0.15, -0.1) is 0 Å². The number of carboxylic acids is 1. The molecule has 0 amide bonds. The molecule has 2 N–H and O–H groups in total. The van der Waals surface area contributed by atoms with E-state index in [1.165, 1.54) is 6.42 Å². The Bertz CT molecular complexity index is 1170. The molecule has 0 bridgehead atoms. The van der Waals surface area contributed by atoms with Crippen LogP contribution in [0.25, 0.3) is 10.9 Å². The second-order valence-corrected chi connectivity index (χ2v) is 8.57. The van der Waals surface area contributed by atoms with Gasteiger partial charge in [-0.3, -0.25) is 0 Å². The van der Waals surface area contributed by atoms with Crippen LogP contribution >= 0.6 is 0 Å². The molecule has 1 aliphatic rings. The highest BCUT2D eigenvalue weighted by molar-refractivity contribution is 5.99. The smallest absolute Gasteiger partial charge is 0.352 e. The summed E-state index contributed by atoms with van der Waals surface area (Å²) in [5.74, 6) is -1.02. The lowest BCUT2D eigenvalue weighted by atomic mass is 9.83. The zero-order valence-electron chi connectivity index (χ0n) is 18.1. The largest absolute Gasteiger partial charge is 0.477 e. The number of nitrogens with zero attached hydrogens (tertiary/aromatic N) is 1. The van der Waals surface area contributed by atoms with Crippen molar-refractivity contribution in [2.45, 2.75) is 37.8 Å². The molecule has 4 heteroatoms. The van der Waals surface area contributed by atoms with Gasteiger partial charge in [-0.05, 0) is 43.0 Å². The van der Waals surface area contributed by atoms with Crippen LogP contribution in [0.1, 0.15) is 52.4 Å². The van der Waals surface area contributed by atoms with Crippen molar-refractivity contribution in [2.24, 2.45) is 0 Å². The van der Waals surface area contributed by atoms with E-state index in [1.54, 1.807) is 0 Å². The van der Waals surface area contributed by atoms with E-state index in [0.29, 0.717) is 18.3 Å². The van der Waals surface area contributed by atoms with Crippen molar-refractivity contribution in [2.75, 3.05) is 6.54 Å². The van der Waals surface area contributed by atoms with Gasteiger partial charge in [0.05, 0.1) is 0 Å². The molecule has 0 saturated carbocycles. The van der Waals surface area contributed by atoms with Crippen molar-refractivity contribution in [1.29, 1.82) is 0 Å². The molecule has 162 valence electrons. The minimum atomic E-state index is -0.868. The van der Waals surface area contributed by atoms with Gasteiger partial charge in [0.15, 0.2) is 0 Å². The fraction of sp³-hybridized carbons (Fsp3) is 0.250. The molecule has 1 saturated heterocycles. The maximum atomic E-state index is 12.7. The number of fused-ring (bicyclic) bond motifs is 1. The molecule has 32 heavy (non-hydrogen) atoms. The Morgan fingerprint density at radius 3 is 2.16 bits per heavy atom. The standard InChI is InChI=1S/C28H28N2O2/c31-28(32)27-26(25(20-10-3-1-4-11-20)21-12-5-2-6-13-21)23-15-7-8-16-24(23)30(27)19-17-22-14-9-18-29-22/h1-8,10-13,15-16,22,25,29H,9,14,17-19H2,(H,31,32). The van der Waals surface area contributed by atoms with E-state index in [2.05, 4.69) is 41.7 Å². The first-order chi connectivity index (χ1) is 15.7. The van der Waals surface area contributed by atoms with Gasteiger partial charge in [0.1, 0.15) is 5.69 Å². The molecule has 1 unspecified atom stereocenters. The third-order valence-electron chi connectivity index (χ3n) is 6.63. The summed E-state index contributed by atoms with van der Waals surface area (Å²) in [5, 5.41) is 15.0. The molecule has 3 aromatic carbocycles. The topological polar surface area (TPSA) is 54.3 Å². The van der Waals surface area contributed by atoms with Gasteiger partial charge in [-0.2, -0.15) is 0 Å². The van der Waals surface area contributed by atoms with E-state index >= 15 is 0 Å². The number of carbonyl (C=O) groups is 1. The lowest BCUT2D eigenvalue weighted by Gasteiger charge is -2.20. The van der Waals surface area contributed by atoms with Crippen LogP contribution in [0.5, 0.6) is 0 Å². The van der Waals surface area contributed by atoms with Crippen molar-refractivity contribution in [3.05, 3.63) is 107 Å². The third kappa shape index (κ3) is 3.82. The Labute approximate surface area is 188 Å². The molecule has 4 aromatic rings. The monoisotopic (exact) mass is 424 g/mol. The minimum Gasteiger partial charge on any atom is -0.477 e. The maximum absolute atomic E-state index is 12.7. The normalized spacial score (nSPS) is 16.1. The molecule has 1 aliphatic heterocycles. The SMILES string of the molecule is O=C(O)c1c(C(c2ccccc2)c2ccccc2)c2ccccc2n1CCC1CCCN1. The summed E-state index contributed by atoms with van der Waals surface area (Å²) in [6, 6.07) is 29.1. The van der Waals surface area contributed by atoms with Gasteiger partial charge >= 0.3 is 5.97 Å². The number of para-hydroxylation sites is 1. The highest BCUT2D eigenvalue weighted by atomic mass is 16.4. The number of hydrogen-bond acceptors (Lipinski definition) is 2. The zero-order valence-corrected chi connectivity index (χ0v) is 18.1. The summed E-state index contributed by atoms with van der Waals surface area (Å²) in [6.07, 6.45) is 3.28. The minimum absolute atomic E-state index is 0.153. The number of aryl methyl sites for hydroxylation is 1. The van der Waals surface area contributed by atoms with Crippen molar-refractivity contribution in [3.8, 4) is 0 Å². The van der Waals surface area contributed by atoms with Crippen molar-refractivity contribution in [1.82, 2.24) is 9.88 Å². The Morgan fingerprint density at radius 2 is 1.56 bits per heavy atom. The first-order valence-corrected chi connectivity index (χ1v) is 11.4.